The van der Waals surface area contributed by atoms with Crippen LogP contribution in [0.15, 0.2) is 41.0 Å². The molecule has 1 atom stereocenters. The molecule has 2 aliphatic rings. The number of cyclic esters (lactones) is 1. The lowest BCUT2D eigenvalue weighted by Gasteiger charge is -2.30. The number of azide groups is 1. The highest BCUT2D eigenvalue weighted by Gasteiger charge is 2.31. The SMILES string of the molecule is N#CC=C1CCN(c2ccc(N3C[C@@H](CN=[N+]=[N-])OC3=O)cc2)CC1. The van der Waals surface area contributed by atoms with E-state index in [-0.39, 0.29) is 6.54 Å². The van der Waals surface area contributed by atoms with Gasteiger partial charge in [-0.1, -0.05) is 10.7 Å². The number of anilines is 2. The molecule has 2 aliphatic heterocycles. The van der Waals surface area contributed by atoms with Gasteiger partial charge >= 0.3 is 6.09 Å². The predicted molar refractivity (Wildman–Crippen MR) is 93.2 cm³/mol. The maximum atomic E-state index is 12.0. The van der Waals surface area contributed by atoms with Crippen LogP contribution in [0.25, 0.3) is 10.4 Å². The summed E-state index contributed by atoms with van der Waals surface area (Å²) in [4.78, 5) is 18.5. The monoisotopic (exact) mass is 338 g/mol. The second kappa shape index (κ2) is 7.60. The van der Waals surface area contributed by atoms with Crippen molar-refractivity contribution in [2.45, 2.75) is 18.9 Å². The first-order valence-corrected chi connectivity index (χ1v) is 8.13. The third-order valence-electron chi connectivity index (χ3n) is 4.42. The molecule has 8 nitrogen and oxygen atoms in total. The van der Waals surface area contributed by atoms with E-state index in [9.17, 15) is 4.79 Å². The van der Waals surface area contributed by atoms with Crippen LogP contribution in [0.5, 0.6) is 0 Å². The van der Waals surface area contributed by atoms with Crippen LogP contribution in [-0.2, 0) is 4.74 Å². The van der Waals surface area contributed by atoms with E-state index in [0.717, 1.165) is 37.3 Å². The lowest BCUT2D eigenvalue weighted by atomic mass is 10.0. The molecule has 1 amide bonds. The molecule has 0 aromatic heterocycles. The average molecular weight is 338 g/mol. The van der Waals surface area contributed by atoms with Gasteiger partial charge in [0.15, 0.2) is 0 Å². The first-order valence-electron chi connectivity index (χ1n) is 8.13. The molecular formula is C17H18N6O2. The van der Waals surface area contributed by atoms with E-state index in [0.29, 0.717) is 6.54 Å². The predicted octanol–water partition coefficient (Wildman–Crippen LogP) is 3.37. The number of hydrogen-bond donors (Lipinski definition) is 0. The Morgan fingerprint density at radius 2 is 2.00 bits per heavy atom. The van der Waals surface area contributed by atoms with Crippen LogP contribution in [0.1, 0.15) is 12.8 Å². The van der Waals surface area contributed by atoms with E-state index in [2.05, 4.69) is 21.0 Å². The number of nitrogens with zero attached hydrogens (tertiary/aromatic N) is 6. The fourth-order valence-corrected chi connectivity index (χ4v) is 3.09. The van der Waals surface area contributed by atoms with Crippen molar-refractivity contribution in [1.82, 2.24) is 0 Å². The van der Waals surface area contributed by atoms with Crippen molar-refractivity contribution in [2.75, 3.05) is 36.0 Å². The molecule has 0 bridgehead atoms. The molecule has 2 heterocycles. The van der Waals surface area contributed by atoms with Gasteiger partial charge in [0.05, 0.1) is 19.2 Å². The Labute approximate surface area is 145 Å². The minimum atomic E-state index is -0.421. The topological polar surface area (TPSA) is 105 Å². The Morgan fingerprint density at radius 1 is 1.32 bits per heavy atom. The number of ether oxygens (including phenoxy) is 1. The Morgan fingerprint density at radius 3 is 2.64 bits per heavy atom. The lowest BCUT2D eigenvalue weighted by molar-refractivity contribution is 0.145. The van der Waals surface area contributed by atoms with Crippen molar-refractivity contribution >= 4 is 17.5 Å². The number of nitriles is 1. The van der Waals surface area contributed by atoms with Gasteiger partial charge in [-0.05, 0) is 42.6 Å². The molecule has 3 rings (SSSR count). The second-order valence-electron chi connectivity index (χ2n) is 5.96. The van der Waals surface area contributed by atoms with Crippen LogP contribution in [0.2, 0.25) is 0 Å². The fourth-order valence-electron chi connectivity index (χ4n) is 3.09. The van der Waals surface area contributed by atoms with E-state index in [1.807, 2.05) is 24.3 Å². The Hall–Kier alpha value is -3.17. The average Bonchev–Trinajstić information content (AvgIpc) is 3.02. The summed E-state index contributed by atoms with van der Waals surface area (Å²) >= 11 is 0. The van der Waals surface area contributed by atoms with E-state index in [1.165, 1.54) is 5.57 Å². The number of carbonyl (C=O) groups excluding carboxylic acids is 1. The molecule has 0 spiro atoms. The lowest BCUT2D eigenvalue weighted by Crippen LogP contribution is -2.30. The smallest absolute Gasteiger partial charge is 0.414 e. The van der Waals surface area contributed by atoms with Gasteiger partial charge in [0, 0.05) is 35.5 Å². The summed E-state index contributed by atoms with van der Waals surface area (Å²) in [5.41, 5.74) is 11.4. The summed E-state index contributed by atoms with van der Waals surface area (Å²) < 4.78 is 5.19. The largest absolute Gasteiger partial charge is 0.444 e. The summed E-state index contributed by atoms with van der Waals surface area (Å²) in [7, 11) is 0. The molecule has 0 aliphatic carbocycles. The Kier molecular flexibility index (Phi) is 5.07. The molecule has 1 aromatic rings. The number of carbonyl (C=O) groups is 1. The van der Waals surface area contributed by atoms with Gasteiger partial charge in [0.25, 0.3) is 0 Å². The van der Waals surface area contributed by atoms with E-state index < -0.39 is 12.2 Å². The number of benzene rings is 1. The standard InChI is InChI=1S/C17H18N6O2/c18-8-5-13-6-9-22(10-7-13)14-1-3-15(4-2-14)23-12-16(11-20-21-19)25-17(23)24/h1-5,16H,6-7,9-12H2/t16-/m1/s1. The molecule has 0 N–H and O–H groups in total. The van der Waals surface area contributed by atoms with Crippen LogP contribution >= 0.6 is 0 Å². The van der Waals surface area contributed by atoms with Crippen molar-refractivity contribution in [3.8, 4) is 6.07 Å². The van der Waals surface area contributed by atoms with Gasteiger partial charge in [-0.3, -0.25) is 4.90 Å². The van der Waals surface area contributed by atoms with Crippen LogP contribution in [0.3, 0.4) is 0 Å². The van der Waals surface area contributed by atoms with Crippen molar-refractivity contribution < 1.29 is 9.53 Å². The minimum Gasteiger partial charge on any atom is -0.444 e. The first-order chi connectivity index (χ1) is 12.2. The third-order valence-corrected chi connectivity index (χ3v) is 4.42. The molecule has 0 radical (unpaired) electrons. The van der Waals surface area contributed by atoms with Gasteiger partial charge in [-0.25, -0.2) is 4.79 Å². The van der Waals surface area contributed by atoms with Crippen LogP contribution in [0.4, 0.5) is 16.2 Å². The van der Waals surface area contributed by atoms with Crippen molar-refractivity contribution in [2.24, 2.45) is 5.11 Å². The van der Waals surface area contributed by atoms with Crippen molar-refractivity contribution in [1.29, 1.82) is 5.26 Å². The summed E-state index contributed by atoms with van der Waals surface area (Å²) in [5, 5.41) is 12.2. The highest BCUT2D eigenvalue weighted by atomic mass is 16.6. The third kappa shape index (κ3) is 3.84. The number of rotatable bonds is 4. The zero-order valence-corrected chi connectivity index (χ0v) is 13.7. The zero-order chi connectivity index (χ0) is 17.6. The summed E-state index contributed by atoms with van der Waals surface area (Å²) in [6.07, 6.45) is 2.61. The van der Waals surface area contributed by atoms with E-state index >= 15 is 0 Å². The summed E-state index contributed by atoms with van der Waals surface area (Å²) in [5.74, 6) is 0. The minimum absolute atomic E-state index is 0.142. The van der Waals surface area contributed by atoms with Gasteiger partial charge in [-0.2, -0.15) is 5.26 Å². The number of hydrogen-bond acceptors (Lipinski definition) is 5. The molecular weight excluding hydrogens is 320 g/mol. The molecule has 2 saturated heterocycles. The molecule has 0 unspecified atom stereocenters. The van der Waals surface area contributed by atoms with Crippen LogP contribution in [-0.4, -0.2) is 38.4 Å². The van der Waals surface area contributed by atoms with E-state index in [4.69, 9.17) is 15.5 Å². The number of piperidine rings is 1. The molecule has 25 heavy (non-hydrogen) atoms. The van der Waals surface area contributed by atoms with Crippen molar-refractivity contribution in [3.63, 3.8) is 0 Å². The fraction of sp³-hybridized carbons (Fsp3) is 0.412. The van der Waals surface area contributed by atoms with Gasteiger partial charge in [-0.15, -0.1) is 0 Å². The van der Waals surface area contributed by atoms with Gasteiger partial charge in [0.1, 0.15) is 6.10 Å². The second-order valence-corrected chi connectivity index (χ2v) is 5.96. The maximum Gasteiger partial charge on any atom is 0.414 e. The normalized spacial score (nSPS) is 19.9. The molecule has 128 valence electrons. The quantitative estimate of drug-likeness (QED) is 0.363. The molecule has 0 saturated carbocycles. The Balaban J connectivity index is 1.63. The first kappa shape index (κ1) is 16.7. The highest BCUT2D eigenvalue weighted by molar-refractivity contribution is 5.90. The molecule has 2 fully saturated rings. The summed E-state index contributed by atoms with van der Waals surface area (Å²) in [6.45, 7) is 2.28. The number of allylic oxidation sites excluding steroid dienone is 1. The maximum absolute atomic E-state index is 12.0. The van der Waals surface area contributed by atoms with Crippen molar-refractivity contribution in [3.05, 3.63) is 46.4 Å². The van der Waals surface area contributed by atoms with Crippen LogP contribution < -0.4 is 9.80 Å². The van der Waals surface area contributed by atoms with Gasteiger partial charge < -0.3 is 9.64 Å². The zero-order valence-electron chi connectivity index (χ0n) is 13.7. The molecule has 1 aromatic carbocycles. The van der Waals surface area contributed by atoms with Crippen LogP contribution in [0, 0.1) is 11.3 Å². The van der Waals surface area contributed by atoms with Gasteiger partial charge in [0.2, 0.25) is 0 Å². The summed E-state index contributed by atoms with van der Waals surface area (Å²) in [6, 6.07) is 9.86. The highest BCUT2D eigenvalue weighted by Crippen LogP contribution is 2.27. The van der Waals surface area contributed by atoms with E-state index in [1.54, 1.807) is 11.0 Å². The molecule has 8 heteroatoms. The number of amides is 1. The Bertz CT molecular complexity index is 750.